The lowest BCUT2D eigenvalue weighted by molar-refractivity contribution is -0.0893. The zero-order chi connectivity index (χ0) is 20.5. The summed E-state index contributed by atoms with van der Waals surface area (Å²) >= 11 is 1.02. The maximum Gasteiger partial charge on any atom is 0.278 e. The van der Waals surface area contributed by atoms with E-state index >= 15 is 0 Å². The number of thioether (sulfide) groups is 1. The number of halogens is 1. The SMILES string of the molecule is CSC(=O)NCC(F)C(C)(C)OCCOCCOCCOCCNC(C)C. The predicted octanol–water partition coefficient (Wildman–Crippen LogP) is 2.24. The first-order valence-corrected chi connectivity index (χ1v) is 10.6. The molecule has 0 rings (SSSR count). The Labute approximate surface area is 167 Å². The fourth-order valence-corrected chi connectivity index (χ4v) is 2.13. The van der Waals surface area contributed by atoms with Crippen LogP contribution in [0.3, 0.4) is 0 Å². The van der Waals surface area contributed by atoms with Gasteiger partial charge in [-0.05, 0) is 20.1 Å². The third kappa shape index (κ3) is 16.2. The summed E-state index contributed by atoms with van der Waals surface area (Å²) in [4.78, 5) is 11.1. The highest BCUT2D eigenvalue weighted by atomic mass is 32.2. The van der Waals surface area contributed by atoms with E-state index in [0.717, 1.165) is 18.3 Å². The van der Waals surface area contributed by atoms with Crippen molar-refractivity contribution in [2.75, 3.05) is 65.6 Å². The van der Waals surface area contributed by atoms with Gasteiger partial charge in [-0.3, -0.25) is 4.79 Å². The maximum absolute atomic E-state index is 14.1. The molecule has 0 aliphatic carbocycles. The molecule has 0 fully saturated rings. The van der Waals surface area contributed by atoms with Gasteiger partial charge in [0.15, 0.2) is 0 Å². The molecule has 2 N–H and O–H groups in total. The highest BCUT2D eigenvalue weighted by Crippen LogP contribution is 2.17. The monoisotopic (exact) mass is 412 g/mol. The molecule has 0 saturated carbocycles. The molecule has 0 aromatic heterocycles. The van der Waals surface area contributed by atoms with Gasteiger partial charge in [0.25, 0.3) is 5.24 Å². The molecule has 0 spiro atoms. The Morgan fingerprint density at radius 2 is 1.52 bits per heavy atom. The van der Waals surface area contributed by atoms with Crippen LogP contribution >= 0.6 is 11.8 Å². The van der Waals surface area contributed by atoms with Gasteiger partial charge < -0.3 is 29.6 Å². The van der Waals surface area contributed by atoms with Crippen LogP contribution in [0.25, 0.3) is 0 Å². The molecular weight excluding hydrogens is 375 g/mol. The third-order valence-electron chi connectivity index (χ3n) is 3.61. The second kappa shape index (κ2) is 16.5. The summed E-state index contributed by atoms with van der Waals surface area (Å²) in [6.45, 7) is 11.6. The van der Waals surface area contributed by atoms with Crippen LogP contribution in [0.15, 0.2) is 0 Å². The fourth-order valence-electron chi connectivity index (χ4n) is 1.91. The highest BCUT2D eigenvalue weighted by Gasteiger charge is 2.30. The minimum Gasteiger partial charge on any atom is -0.378 e. The summed E-state index contributed by atoms with van der Waals surface area (Å²) in [6.07, 6.45) is 0.344. The van der Waals surface area contributed by atoms with Gasteiger partial charge in [0.1, 0.15) is 6.17 Å². The Balaban J connectivity index is 3.48. The number of carbonyl (C=O) groups excluding carboxylic acids is 1. The minimum atomic E-state index is -1.30. The summed E-state index contributed by atoms with van der Waals surface area (Å²) in [5.74, 6) is 0. The highest BCUT2D eigenvalue weighted by molar-refractivity contribution is 8.12. The molecule has 0 bridgehead atoms. The average molecular weight is 413 g/mol. The molecule has 0 radical (unpaired) electrons. The first-order chi connectivity index (χ1) is 12.8. The quantitative estimate of drug-likeness (QED) is 0.355. The van der Waals surface area contributed by atoms with Crippen molar-refractivity contribution in [1.82, 2.24) is 10.6 Å². The lowest BCUT2D eigenvalue weighted by Crippen LogP contribution is -2.44. The molecule has 9 heteroatoms. The summed E-state index contributed by atoms with van der Waals surface area (Å²) in [7, 11) is 0. The van der Waals surface area contributed by atoms with Crippen LogP contribution < -0.4 is 10.6 Å². The van der Waals surface area contributed by atoms with Crippen molar-refractivity contribution in [2.24, 2.45) is 0 Å². The van der Waals surface area contributed by atoms with Crippen molar-refractivity contribution in [2.45, 2.75) is 45.5 Å². The maximum atomic E-state index is 14.1. The second-order valence-corrected chi connectivity index (χ2v) is 7.52. The zero-order valence-corrected chi connectivity index (χ0v) is 18.2. The van der Waals surface area contributed by atoms with Crippen molar-refractivity contribution < 1.29 is 28.1 Å². The Morgan fingerprint density at radius 1 is 1.00 bits per heavy atom. The molecule has 7 nitrogen and oxygen atoms in total. The molecule has 1 unspecified atom stereocenters. The summed E-state index contributed by atoms with van der Waals surface area (Å²) in [5, 5.41) is 5.51. The van der Waals surface area contributed by atoms with E-state index in [1.807, 2.05) is 0 Å². The first kappa shape index (κ1) is 26.6. The van der Waals surface area contributed by atoms with Crippen molar-refractivity contribution in [3.05, 3.63) is 0 Å². The van der Waals surface area contributed by atoms with Crippen LogP contribution in [0, 0.1) is 0 Å². The standard InChI is InChI=1S/C18H37FN2O5S/c1-15(2)20-6-7-23-8-9-24-10-11-25-12-13-26-18(3,4)16(19)14-21-17(22)27-5/h15-16,20H,6-14H2,1-5H3,(H,21,22). The summed E-state index contributed by atoms with van der Waals surface area (Å²) < 4.78 is 35.9. The van der Waals surface area contributed by atoms with E-state index in [9.17, 15) is 9.18 Å². The van der Waals surface area contributed by atoms with Crippen molar-refractivity contribution in [3.8, 4) is 0 Å². The van der Waals surface area contributed by atoms with Crippen molar-refractivity contribution >= 4 is 17.0 Å². The molecule has 0 aromatic carbocycles. The first-order valence-electron chi connectivity index (χ1n) is 9.36. The zero-order valence-electron chi connectivity index (χ0n) is 17.3. The van der Waals surface area contributed by atoms with E-state index in [1.54, 1.807) is 20.1 Å². The lowest BCUT2D eigenvalue weighted by Gasteiger charge is -2.29. The van der Waals surface area contributed by atoms with Gasteiger partial charge >= 0.3 is 0 Å². The molecule has 162 valence electrons. The van der Waals surface area contributed by atoms with Crippen molar-refractivity contribution in [3.63, 3.8) is 0 Å². The fraction of sp³-hybridized carbons (Fsp3) is 0.944. The van der Waals surface area contributed by atoms with Crippen LogP contribution in [0.2, 0.25) is 0 Å². The number of nitrogens with one attached hydrogen (secondary N) is 2. The van der Waals surface area contributed by atoms with Crippen LogP contribution in [0.1, 0.15) is 27.7 Å². The van der Waals surface area contributed by atoms with E-state index in [4.69, 9.17) is 18.9 Å². The Hall–Kier alpha value is -0.450. The Kier molecular flexibility index (Phi) is 16.2. The smallest absolute Gasteiger partial charge is 0.278 e. The molecule has 0 saturated heterocycles. The molecular formula is C18H37FN2O5S. The number of amides is 1. The molecule has 0 aliphatic heterocycles. The Morgan fingerprint density at radius 3 is 2.04 bits per heavy atom. The molecule has 0 aromatic rings. The van der Waals surface area contributed by atoms with Gasteiger partial charge in [0, 0.05) is 12.6 Å². The minimum absolute atomic E-state index is 0.0724. The van der Waals surface area contributed by atoms with E-state index in [2.05, 4.69) is 24.5 Å². The van der Waals surface area contributed by atoms with Crippen molar-refractivity contribution in [1.29, 1.82) is 0 Å². The van der Waals surface area contributed by atoms with Crippen LogP contribution in [0.4, 0.5) is 9.18 Å². The van der Waals surface area contributed by atoms with Gasteiger partial charge in [0.05, 0.1) is 58.4 Å². The number of hydrogen-bond donors (Lipinski definition) is 2. The number of ether oxygens (including phenoxy) is 4. The van der Waals surface area contributed by atoms with Crippen LogP contribution in [-0.4, -0.2) is 88.6 Å². The predicted molar refractivity (Wildman–Crippen MR) is 107 cm³/mol. The average Bonchev–Trinajstić information content (AvgIpc) is 2.62. The molecule has 0 aliphatic rings. The van der Waals surface area contributed by atoms with Gasteiger partial charge in [-0.25, -0.2) is 4.39 Å². The van der Waals surface area contributed by atoms with E-state index in [0.29, 0.717) is 45.7 Å². The molecule has 1 amide bonds. The number of hydrogen-bond acceptors (Lipinski definition) is 7. The molecule has 1 atom stereocenters. The van der Waals surface area contributed by atoms with E-state index in [-0.39, 0.29) is 18.4 Å². The van der Waals surface area contributed by atoms with Crippen LogP contribution in [0.5, 0.6) is 0 Å². The normalized spacial score (nSPS) is 13.1. The third-order valence-corrected chi connectivity index (χ3v) is 4.13. The van der Waals surface area contributed by atoms with Crippen LogP contribution in [-0.2, 0) is 18.9 Å². The summed E-state index contributed by atoms with van der Waals surface area (Å²) in [5.41, 5.74) is -0.993. The Bertz CT molecular complexity index is 376. The van der Waals surface area contributed by atoms with E-state index < -0.39 is 11.8 Å². The number of rotatable bonds is 17. The van der Waals surface area contributed by atoms with Gasteiger partial charge in [0.2, 0.25) is 0 Å². The van der Waals surface area contributed by atoms with Gasteiger partial charge in [-0.2, -0.15) is 0 Å². The van der Waals surface area contributed by atoms with E-state index in [1.165, 1.54) is 0 Å². The summed E-state index contributed by atoms with van der Waals surface area (Å²) in [6, 6.07) is 0.466. The number of carbonyl (C=O) groups is 1. The van der Waals surface area contributed by atoms with Gasteiger partial charge in [-0.1, -0.05) is 25.6 Å². The second-order valence-electron chi connectivity index (χ2n) is 6.74. The molecule has 0 heterocycles. The van der Waals surface area contributed by atoms with Gasteiger partial charge in [-0.15, -0.1) is 0 Å². The number of alkyl halides is 1. The lowest BCUT2D eigenvalue weighted by atomic mass is 10.0. The largest absolute Gasteiger partial charge is 0.378 e. The topological polar surface area (TPSA) is 78.1 Å². The molecule has 27 heavy (non-hydrogen) atoms.